The molecule has 0 aliphatic rings. The summed E-state index contributed by atoms with van der Waals surface area (Å²) >= 11 is 3.46. The van der Waals surface area contributed by atoms with E-state index in [2.05, 4.69) is 27.3 Å². The van der Waals surface area contributed by atoms with E-state index in [1.54, 1.807) is 7.11 Å². The largest absolute Gasteiger partial charge is 0.495 e. The summed E-state index contributed by atoms with van der Waals surface area (Å²) in [6.07, 6.45) is 0. The standard InChI is InChI=1S/C16H15BrN2O/c1-11-7-14(17)8-15(20-2)16(11)19-10-13-6-4-3-5-12(13)9-18/h3-8,19H,10H2,1-2H3. The lowest BCUT2D eigenvalue weighted by atomic mass is 10.1. The predicted octanol–water partition coefficient (Wildman–Crippen LogP) is 4.25. The molecule has 2 rings (SSSR count). The van der Waals surface area contributed by atoms with Crippen molar-refractivity contribution in [2.75, 3.05) is 12.4 Å². The monoisotopic (exact) mass is 330 g/mol. The molecule has 0 saturated carbocycles. The summed E-state index contributed by atoms with van der Waals surface area (Å²) in [6, 6.07) is 13.7. The first-order chi connectivity index (χ1) is 9.65. The average molecular weight is 331 g/mol. The van der Waals surface area contributed by atoms with E-state index in [0.717, 1.165) is 27.0 Å². The van der Waals surface area contributed by atoms with Crippen LogP contribution < -0.4 is 10.1 Å². The normalized spacial score (nSPS) is 9.90. The van der Waals surface area contributed by atoms with Crippen LogP contribution in [0.3, 0.4) is 0 Å². The first-order valence-electron chi connectivity index (χ1n) is 6.21. The SMILES string of the molecule is COc1cc(Br)cc(C)c1NCc1ccccc1C#N. The number of nitrogens with zero attached hydrogens (tertiary/aromatic N) is 1. The van der Waals surface area contributed by atoms with E-state index < -0.39 is 0 Å². The second-order valence-electron chi connectivity index (χ2n) is 4.42. The molecule has 2 aromatic rings. The molecule has 20 heavy (non-hydrogen) atoms. The Morgan fingerprint density at radius 3 is 2.75 bits per heavy atom. The van der Waals surface area contributed by atoms with Crippen molar-refractivity contribution < 1.29 is 4.74 Å². The van der Waals surface area contributed by atoms with Crippen molar-refractivity contribution in [3.05, 3.63) is 57.6 Å². The van der Waals surface area contributed by atoms with Gasteiger partial charge in [0.2, 0.25) is 0 Å². The Morgan fingerprint density at radius 2 is 2.05 bits per heavy atom. The molecule has 0 radical (unpaired) electrons. The third-order valence-electron chi connectivity index (χ3n) is 3.08. The summed E-state index contributed by atoms with van der Waals surface area (Å²) in [6.45, 7) is 2.61. The van der Waals surface area contributed by atoms with Crippen molar-refractivity contribution in [2.24, 2.45) is 0 Å². The second kappa shape index (κ2) is 6.44. The van der Waals surface area contributed by atoms with Gasteiger partial charge in [-0.25, -0.2) is 0 Å². The van der Waals surface area contributed by atoms with Gasteiger partial charge in [-0.2, -0.15) is 5.26 Å². The molecule has 0 spiro atoms. The maximum atomic E-state index is 9.10. The molecule has 2 aromatic carbocycles. The molecule has 0 aliphatic heterocycles. The number of benzene rings is 2. The molecule has 0 atom stereocenters. The van der Waals surface area contributed by atoms with E-state index >= 15 is 0 Å². The zero-order chi connectivity index (χ0) is 14.5. The molecule has 3 nitrogen and oxygen atoms in total. The van der Waals surface area contributed by atoms with E-state index in [1.165, 1.54) is 0 Å². The number of nitriles is 1. The number of aryl methyl sites for hydroxylation is 1. The van der Waals surface area contributed by atoms with Crippen LogP contribution >= 0.6 is 15.9 Å². The molecule has 102 valence electrons. The summed E-state index contributed by atoms with van der Waals surface area (Å²) in [5.41, 5.74) is 3.70. The van der Waals surface area contributed by atoms with Gasteiger partial charge in [0.05, 0.1) is 24.4 Å². The van der Waals surface area contributed by atoms with Crippen LogP contribution in [-0.4, -0.2) is 7.11 Å². The third-order valence-corrected chi connectivity index (χ3v) is 3.54. The van der Waals surface area contributed by atoms with E-state index in [1.807, 2.05) is 43.3 Å². The Kier molecular flexibility index (Phi) is 4.65. The number of methoxy groups -OCH3 is 1. The Morgan fingerprint density at radius 1 is 1.30 bits per heavy atom. The molecule has 1 N–H and O–H groups in total. The van der Waals surface area contributed by atoms with Gasteiger partial charge in [-0.1, -0.05) is 34.1 Å². The highest BCUT2D eigenvalue weighted by molar-refractivity contribution is 9.10. The van der Waals surface area contributed by atoms with Gasteiger partial charge in [-0.3, -0.25) is 0 Å². The summed E-state index contributed by atoms with van der Waals surface area (Å²) in [7, 11) is 1.65. The first-order valence-corrected chi connectivity index (χ1v) is 7.01. The lowest BCUT2D eigenvalue weighted by Crippen LogP contribution is -2.04. The van der Waals surface area contributed by atoms with Gasteiger partial charge in [0.25, 0.3) is 0 Å². The maximum Gasteiger partial charge on any atom is 0.143 e. The van der Waals surface area contributed by atoms with Crippen LogP contribution in [0.2, 0.25) is 0 Å². The highest BCUT2D eigenvalue weighted by Gasteiger charge is 2.09. The van der Waals surface area contributed by atoms with Gasteiger partial charge >= 0.3 is 0 Å². The Hall–Kier alpha value is -1.99. The molecule has 0 heterocycles. The third kappa shape index (κ3) is 3.12. The number of hydrogen-bond donors (Lipinski definition) is 1. The summed E-state index contributed by atoms with van der Waals surface area (Å²) in [4.78, 5) is 0. The predicted molar refractivity (Wildman–Crippen MR) is 83.9 cm³/mol. The van der Waals surface area contributed by atoms with Crippen molar-refractivity contribution in [3.63, 3.8) is 0 Å². The number of anilines is 1. The lowest BCUT2D eigenvalue weighted by molar-refractivity contribution is 0.416. The van der Waals surface area contributed by atoms with Crippen molar-refractivity contribution in [3.8, 4) is 11.8 Å². The van der Waals surface area contributed by atoms with Crippen LogP contribution in [0.4, 0.5) is 5.69 Å². The Balaban J connectivity index is 2.25. The highest BCUT2D eigenvalue weighted by atomic mass is 79.9. The number of rotatable bonds is 4. The summed E-state index contributed by atoms with van der Waals surface area (Å²) < 4.78 is 6.38. The number of nitrogens with one attached hydrogen (secondary N) is 1. The van der Waals surface area contributed by atoms with E-state index in [0.29, 0.717) is 12.1 Å². The molecule has 0 bridgehead atoms. The van der Waals surface area contributed by atoms with Crippen molar-refractivity contribution in [2.45, 2.75) is 13.5 Å². The van der Waals surface area contributed by atoms with Crippen LogP contribution in [0.1, 0.15) is 16.7 Å². The molecule has 4 heteroatoms. The summed E-state index contributed by atoms with van der Waals surface area (Å²) in [5, 5.41) is 12.5. The zero-order valence-electron chi connectivity index (χ0n) is 11.4. The molecule has 0 saturated heterocycles. The Bertz CT molecular complexity index is 662. The van der Waals surface area contributed by atoms with Gasteiger partial charge in [-0.05, 0) is 36.2 Å². The quantitative estimate of drug-likeness (QED) is 0.911. The molecule has 0 aliphatic carbocycles. The van der Waals surface area contributed by atoms with Crippen LogP contribution in [0, 0.1) is 18.3 Å². The number of halogens is 1. The minimum atomic E-state index is 0.586. The fraction of sp³-hybridized carbons (Fsp3) is 0.188. The van der Waals surface area contributed by atoms with Gasteiger partial charge in [0, 0.05) is 11.0 Å². The molecular formula is C16H15BrN2O. The maximum absolute atomic E-state index is 9.10. The fourth-order valence-electron chi connectivity index (χ4n) is 2.07. The second-order valence-corrected chi connectivity index (χ2v) is 5.34. The highest BCUT2D eigenvalue weighted by Crippen LogP contribution is 2.32. The number of hydrogen-bond acceptors (Lipinski definition) is 3. The molecule has 0 fully saturated rings. The van der Waals surface area contributed by atoms with E-state index in [4.69, 9.17) is 10.00 Å². The van der Waals surface area contributed by atoms with Crippen molar-refractivity contribution >= 4 is 21.6 Å². The molecule has 0 unspecified atom stereocenters. The van der Waals surface area contributed by atoms with Crippen LogP contribution in [0.25, 0.3) is 0 Å². The molecule has 0 aromatic heterocycles. The van der Waals surface area contributed by atoms with E-state index in [9.17, 15) is 0 Å². The fourth-order valence-corrected chi connectivity index (χ4v) is 2.62. The molecule has 0 amide bonds. The average Bonchev–Trinajstić information content (AvgIpc) is 2.45. The molecular weight excluding hydrogens is 316 g/mol. The number of ether oxygens (including phenoxy) is 1. The Labute approximate surface area is 127 Å². The minimum Gasteiger partial charge on any atom is -0.495 e. The van der Waals surface area contributed by atoms with Crippen LogP contribution in [-0.2, 0) is 6.54 Å². The van der Waals surface area contributed by atoms with Crippen molar-refractivity contribution in [1.82, 2.24) is 0 Å². The van der Waals surface area contributed by atoms with Gasteiger partial charge in [-0.15, -0.1) is 0 Å². The van der Waals surface area contributed by atoms with Crippen molar-refractivity contribution in [1.29, 1.82) is 5.26 Å². The topological polar surface area (TPSA) is 45.0 Å². The lowest BCUT2D eigenvalue weighted by Gasteiger charge is -2.15. The zero-order valence-corrected chi connectivity index (χ0v) is 13.0. The van der Waals surface area contributed by atoms with Gasteiger partial charge in [0.1, 0.15) is 5.75 Å². The van der Waals surface area contributed by atoms with Gasteiger partial charge < -0.3 is 10.1 Å². The smallest absolute Gasteiger partial charge is 0.143 e. The first kappa shape index (κ1) is 14.4. The van der Waals surface area contributed by atoms with Gasteiger partial charge in [0.15, 0.2) is 0 Å². The van der Waals surface area contributed by atoms with Crippen LogP contribution in [0.5, 0.6) is 5.75 Å². The van der Waals surface area contributed by atoms with E-state index in [-0.39, 0.29) is 0 Å². The van der Waals surface area contributed by atoms with Crippen LogP contribution in [0.15, 0.2) is 40.9 Å². The summed E-state index contributed by atoms with van der Waals surface area (Å²) in [5.74, 6) is 0.784. The minimum absolute atomic E-state index is 0.586.